The van der Waals surface area contributed by atoms with Crippen LogP contribution in [0.15, 0.2) is 30.3 Å². The summed E-state index contributed by atoms with van der Waals surface area (Å²) in [5.74, 6) is 2.34. The molecular formula is C13H16O2S2. The van der Waals surface area contributed by atoms with Gasteiger partial charge in [0.2, 0.25) is 0 Å². The Balaban J connectivity index is 1.64. The number of hydrogen-bond acceptors (Lipinski definition) is 4. The molecule has 2 saturated heterocycles. The lowest BCUT2D eigenvalue weighted by Crippen LogP contribution is -2.44. The van der Waals surface area contributed by atoms with Crippen LogP contribution in [0.3, 0.4) is 0 Å². The van der Waals surface area contributed by atoms with E-state index >= 15 is 0 Å². The highest BCUT2D eigenvalue weighted by Gasteiger charge is 2.39. The summed E-state index contributed by atoms with van der Waals surface area (Å²) in [6.45, 7) is 1.65. The molecule has 1 spiro atoms. The fraction of sp³-hybridized carbons (Fsp3) is 0.538. The molecule has 2 nitrogen and oxygen atoms in total. The lowest BCUT2D eigenvalue weighted by Gasteiger charge is -2.41. The summed E-state index contributed by atoms with van der Waals surface area (Å²) >= 11 is 4.00. The second-order valence-electron chi connectivity index (χ2n) is 4.68. The Bertz CT molecular complexity index is 353. The van der Waals surface area contributed by atoms with E-state index in [9.17, 15) is 0 Å². The molecule has 2 aliphatic heterocycles. The fourth-order valence-electron chi connectivity index (χ4n) is 2.18. The maximum absolute atomic E-state index is 5.91. The van der Waals surface area contributed by atoms with Gasteiger partial charge < -0.3 is 9.47 Å². The van der Waals surface area contributed by atoms with Crippen LogP contribution < -0.4 is 0 Å². The first kappa shape index (κ1) is 11.9. The van der Waals surface area contributed by atoms with E-state index in [1.165, 1.54) is 16.6 Å². The van der Waals surface area contributed by atoms with Crippen molar-refractivity contribution in [3.05, 3.63) is 35.9 Å². The van der Waals surface area contributed by atoms with Crippen LogP contribution >= 0.6 is 23.5 Å². The van der Waals surface area contributed by atoms with E-state index in [1.54, 1.807) is 0 Å². The van der Waals surface area contributed by atoms with Crippen molar-refractivity contribution < 1.29 is 9.47 Å². The van der Waals surface area contributed by atoms with Gasteiger partial charge in [0.1, 0.15) is 0 Å². The summed E-state index contributed by atoms with van der Waals surface area (Å²) in [4.78, 5) is 0. The van der Waals surface area contributed by atoms with E-state index in [4.69, 9.17) is 9.47 Å². The number of thioether (sulfide) groups is 2. The minimum Gasteiger partial charge on any atom is -0.348 e. The summed E-state index contributed by atoms with van der Waals surface area (Å²) < 4.78 is 11.8. The zero-order chi connectivity index (χ0) is 11.6. The topological polar surface area (TPSA) is 18.5 Å². The molecule has 2 fully saturated rings. The molecule has 4 heteroatoms. The smallest absolute Gasteiger partial charge is 0.183 e. The van der Waals surface area contributed by atoms with E-state index in [2.05, 4.69) is 12.1 Å². The minimum atomic E-state index is -0.168. The minimum absolute atomic E-state index is 0.168. The zero-order valence-corrected chi connectivity index (χ0v) is 11.3. The Morgan fingerprint density at radius 1 is 1.00 bits per heavy atom. The van der Waals surface area contributed by atoms with Crippen LogP contribution in [-0.4, -0.2) is 29.8 Å². The first-order valence-electron chi connectivity index (χ1n) is 5.82. The highest BCUT2D eigenvalue weighted by molar-refractivity contribution is 8.16. The van der Waals surface area contributed by atoms with Crippen LogP contribution in [0.2, 0.25) is 0 Å². The fourth-order valence-corrected chi connectivity index (χ4v) is 4.85. The average molecular weight is 268 g/mol. The van der Waals surface area contributed by atoms with Crippen molar-refractivity contribution in [1.29, 1.82) is 0 Å². The molecule has 92 valence electrons. The molecule has 2 heterocycles. The third-order valence-corrected chi connectivity index (χ3v) is 6.10. The van der Waals surface area contributed by atoms with Crippen LogP contribution in [0, 0.1) is 5.41 Å². The van der Waals surface area contributed by atoms with Gasteiger partial charge in [-0.15, -0.1) is 0 Å². The Hall–Kier alpha value is -0.160. The monoisotopic (exact) mass is 268 g/mol. The van der Waals surface area contributed by atoms with Crippen molar-refractivity contribution in [2.45, 2.75) is 6.29 Å². The van der Waals surface area contributed by atoms with Gasteiger partial charge >= 0.3 is 0 Å². The SMILES string of the molecule is c1ccc(C2OCC3(CO2)CSCSC3)cc1. The van der Waals surface area contributed by atoms with Crippen molar-refractivity contribution in [2.24, 2.45) is 5.41 Å². The van der Waals surface area contributed by atoms with E-state index < -0.39 is 0 Å². The third kappa shape index (κ3) is 2.65. The molecular weight excluding hydrogens is 252 g/mol. The third-order valence-electron chi connectivity index (χ3n) is 3.14. The molecule has 1 aromatic carbocycles. The summed E-state index contributed by atoms with van der Waals surface area (Å²) in [6.07, 6.45) is -0.168. The Morgan fingerprint density at radius 2 is 1.65 bits per heavy atom. The molecule has 0 saturated carbocycles. The van der Waals surface area contributed by atoms with Gasteiger partial charge in [0.25, 0.3) is 0 Å². The Labute approximate surface area is 110 Å². The van der Waals surface area contributed by atoms with Crippen molar-refractivity contribution in [3.63, 3.8) is 0 Å². The molecule has 0 bridgehead atoms. The highest BCUT2D eigenvalue weighted by Crippen LogP contribution is 2.40. The van der Waals surface area contributed by atoms with Gasteiger partial charge in [0.15, 0.2) is 6.29 Å². The van der Waals surface area contributed by atoms with E-state index in [0.29, 0.717) is 0 Å². The number of ether oxygens (including phenoxy) is 2. The predicted molar refractivity (Wildman–Crippen MR) is 73.3 cm³/mol. The number of hydrogen-bond donors (Lipinski definition) is 0. The molecule has 0 radical (unpaired) electrons. The summed E-state index contributed by atoms with van der Waals surface area (Å²) in [5.41, 5.74) is 1.37. The molecule has 0 amide bonds. The van der Waals surface area contributed by atoms with Crippen molar-refractivity contribution in [3.8, 4) is 0 Å². The molecule has 0 unspecified atom stereocenters. The Morgan fingerprint density at radius 3 is 2.29 bits per heavy atom. The summed E-state index contributed by atoms with van der Waals surface area (Å²) in [6, 6.07) is 10.2. The van der Waals surface area contributed by atoms with E-state index in [0.717, 1.165) is 18.8 Å². The van der Waals surface area contributed by atoms with Gasteiger partial charge in [-0.3, -0.25) is 0 Å². The molecule has 0 atom stereocenters. The molecule has 0 aromatic heterocycles. The normalized spacial score (nSPS) is 24.9. The second kappa shape index (κ2) is 5.22. The van der Waals surface area contributed by atoms with Gasteiger partial charge in [-0.05, 0) is 0 Å². The van der Waals surface area contributed by atoms with E-state index in [1.807, 2.05) is 41.7 Å². The molecule has 2 aliphatic rings. The molecule has 0 aliphatic carbocycles. The van der Waals surface area contributed by atoms with Gasteiger partial charge in [0.05, 0.1) is 13.2 Å². The van der Waals surface area contributed by atoms with Crippen molar-refractivity contribution >= 4 is 23.5 Å². The number of rotatable bonds is 1. The maximum atomic E-state index is 5.91. The predicted octanol–water partition coefficient (Wildman–Crippen LogP) is 3.16. The van der Waals surface area contributed by atoms with Crippen LogP contribution in [-0.2, 0) is 9.47 Å². The maximum Gasteiger partial charge on any atom is 0.183 e. The van der Waals surface area contributed by atoms with E-state index in [-0.39, 0.29) is 11.7 Å². The largest absolute Gasteiger partial charge is 0.348 e. The Kier molecular flexibility index (Phi) is 3.66. The van der Waals surface area contributed by atoms with Crippen LogP contribution in [0.4, 0.5) is 0 Å². The zero-order valence-electron chi connectivity index (χ0n) is 9.63. The summed E-state index contributed by atoms with van der Waals surface area (Å²) in [5, 5.41) is 1.21. The van der Waals surface area contributed by atoms with Gasteiger partial charge in [-0.1, -0.05) is 30.3 Å². The molecule has 3 rings (SSSR count). The van der Waals surface area contributed by atoms with Crippen molar-refractivity contribution in [1.82, 2.24) is 0 Å². The second-order valence-corrected chi connectivity index (χ2v) is 7.02. The average Bonchev–Trinajstić information content (AvgIpc) is 2.42. The first-order valence-corrected chi connectivity index (χ1v) is 8.13. The lowest BCUT2D eigenvalue weighted by atomic mass is 9.94. The lowest BCUT2D eigenvalue weighted by molar-refractivity contribution is -0.224. The van der Waals surface area contributed by atoms with Crippen LogP contribution in [0.25, 0.3) is 0 Å². The summed E-state index contributed by atoms with van der Waals surface area (Å²) in [7, 11) is 0. The quantitative estimate of drug-likeness (QED) is 0.778. The standard InChI is InChI=1S/C13H16O2S2/c1-2-4-11(5-3-1)12-14-6-13(7-15-12)8-16-10-17-9-13/h1-5,12H,6-10H2. The number of benzene rings is 1. The highest BCUT2D eigenvalue weighted by atomic mass is 32.2. The van der Waals surface area contributed by atoms with Crippen LogP contribution in [0.1, 0.15) is 11.9 Å². The van der Waals surface area contributed by atoms with Gasteiger partial charge in [-0.25, -0.2) is 0 Å². The molecule has 0 N–H and O–H groups in total. The van der Waals surface area contributed by atoms with Crippen LogP contribution in [0.5, 0.6) is 0 Å². The van der Waals surface area contributed by atoms with Crippen molar-refractivity contribution in [2.75, 3.05) is 29.8 Å². The molecule has 1 aromatic rings. The molecule has 17 heavy (non-hydrogen) atoms. The van der Waals surface area contributed by atoms with Gasteiger partial charge in [-0.2, -0.15) is 23.5 Å². The van der Waals surface area contributed by atoms with Gasteiger partial charge in [0, 0.05) is 27.6 Å². The first-order chi connectivity index (χ1) is 8.38.